The van der Waals surface area contributed by atoms with Crippen molar-refractivity contribution in [3.8, 4) is 11.5 Å². The molecule has 12 heteroatoms. The normalized spacial score (nSPS) is 11.8. The molecule has 0 unspecified atom stereocenters. The van der Waals surface area contributed by atoms with Crippen molar-refractivity contribution >= 4 is 39.8 Å². The van der Waals surface area contributed by atoms with Crippen molar-refractivity contribution in [1.82, 2.24) is 29.5 Å². The van der Waals surface area contributed by atoms with Gasteiger partial charge in [0, 0.05) is 18.0 Å². The van der Waals surface area contributed by atoms with Crippen molar-refractivity contribution < 1.29 is 17.9 Å². The van der Waals surface area contributed by atoms with Gasteiger partial charge in [0.2, 0.25) is 0 Å². The van der Waals surface area contributed by atoms with Crippen LogP contribution in [-0.2, 0) is 6.18 Å². The minimum atomic E-state index is -4.67. The number of hydrogen-bond donors (Lipinski definition) is 1. The summed E-state index contributed by atoms with van der Waals surface area (Å²) in [6, 6.07) is 9.79. The molecule has 0 bridgehead atoms. The summed E-state index contributed by atoms with van der Waals surface area (Å²) in [6.45, 7) is 0. The van der Waals surface area contributed by atoms with Crippen molar-refractivity contribution in [2.75, 3.05) is 5.32 Å². The summed E-state index contributed by atoms with van der Waals surface area (Å²) < 4.78 is 48.4. The molecule has 0 saturated carbocycles. The van der Waals surface area contributed by atoms with E-state index in [1.54, 1.807) is 18.3 Å². The SMILES string of the molecule is FC(F)(F)c1cc(Nc2ncnc3ccc(Cl)nc23)ccc1Oc1ccn2ncnc2c1. The second kappa shape index (κ2) is 7.61. The van der Waals surface area contributed by atoms with E-state index >= 15 is 0 Å². The summed E-state index contributed by atoms with van der Waals surface area (Å²) in [5, 5.41) is 7.00. The molecular weight excluding hydrogens is 447 g/mol. The smallest absolute Gasteiger partial charge is 0.420 e. The van der Waals surface area contributed by atoms with Gasteiger partial charge in [0.25, 0.3) is 0 Å². The molecule has 0 saturated heterocycles. The van der Waals surface area contributed by atoms with Crippen LogP contribution in [0.15, 0.2) is 61.3 Å². The number of fused-ring (bicyclic) bond motifs is 2. The number of nitrogens with one attached hydrogen (secondary N) is 1. The first-order chi connectivity index (χ1) is 15.4. The van der Waals surface area contributed by atoms with Gasteiger partial charge >= 0.3 is 6.18 Å². The van der Waals surface area contributed by atoms with Gasteiger partial charge in [0.1, 0.15) is 40.4 Å². The van der Waals surface area contributed by atoms with Gasteiger partial charge in [-0.2, -0.15) is 18.3 Å². The van der Waals surface area contributed by atoms with Crippen LogP contribution in [0.25, 0.3) is 16.7 Å². The fourth-order valence-electron chi connectivity index (χ4n) is 3.05. The van der Waals surface area contributed by atoms with E-state index in [0.29, 0.717) is 16.7 Å². The first kappa shape index (κ1) is 19.9. The Labute approximate surface area is 182 Å². The van der Waals surface area contributed by atoms with Gasteiger partial charge in [-0.15, -0.1) is 0 Å². The van der Waals surface area contributed by atoms with E-state index in [2.05, 4.69) is 30.4 Å². The van der Waals surface area contributed by atoms with Crippen LogP contribution in [0.5, 0.6) is 11.5 Å². The number of nitrogens with zero attached hydrogens (tertiary/aromatic N) is 6. The Kier molecular flexibility index (Phi) is 4.74. The molecule has 5 rings (SSSR count). The topological polar surface area (TPSA) is 90.1 Å². The van der Waals surface area contributed by atoms with E-state index in [-0.39, 0.29) is 28.2 Å². The van der Waals surface area contributed by atoms with Crippen molar-refractivity contribution in [3.05, 3.63) is 72.0 Å². The van der Waals surface area contributed by atoms with Crippen molar-refractivity contribution in [1.29, 1.82) is 0 Å². The van der Waals surface area contributed by atoms with Crippen molar-refractivity contribution in [3.63, 3.8) is 0 Å². The largest absolute Gasteiger partial charge is 0.457 e. The molecule has 0 fully saturated rings. The zero-order chi connectivity index (χ0) is 22.3. The predicted octanol–water partition coefficient (Wildman–Crippen LogP) is 5.28. The molecular formula is C20H11ClF3N7O. The number of pyridine rings is 2. The third kappa shape index (κ3) is 3.85. The lowest BCUT2D eigenvalue weighted by Crippen LogP contribution is -2.08. The Morgan fingerprint density at radius 2 is 1.84 bits per heavy atom. The Balaban J connectivity index is 1.51. The molecule has 1 aromatic carbocycles. The number of benzene rings is 1. The third-order valence-electron chi connectivity index (χ3n) is 4.48. The molecule has 8 nitrogen and oxygen atoms in total. The average Bonchev–Trinajstić information content (AvgIpc) is 3.22. The summed E-state index contributed by atoms with van der Waals surface area (Å²) in [6.07, 6.45) is -0.511. The van der Waals surface area contributed by atoms with Crippen molar-refractivity contribution in [2.45, 2.75) is 6.18 Å². The maximum atomic E-state index is 13.8. The number of ether oxygens (including phenoxy) is 1. The zero-order valence-electron chi connectivity index (χ0n) is 15.9. The highest BCUT2D eigenvalue weighted by molar-refractivity contribution is 6.29. The molecule has 160 valence electrons. The van der Waals surface area contributed by atoms with E-state index in [4.69, 9.17) is 16.3 Å². The summed E-state index contributed by atoms with van der Waals surface area (Å²) in [7, 11) is 0. The lowest BCUT2D eigenvalue weighted by molar-refractivity contribution is -0.138. The van der Waals surface area contributed by atoms with Gasteiger partial charge in [-0.05, 0) is 36.4 Å². The van der Waals surface area contributed by atoms with Crippen LogP contribution in [0.3, 0.4) is 0 Å². The predicted molar refractivity (Wildman–Crippen MR) is 110 cm³/mol. The van der Waals surface area contributed by atoms with E-state index in [1.807, 2.05) is 0 Å². The van der Waals surface area contributed by atoms with Crippen LogP contribution in [0.4, 0.5) is 24.7 Å². The number of halogens is 4. The van der Waals surface area contributed by atoms with Crippen LogP contribution < -0.4 is 10.1 Å². The molecule has 4 heterocycles. The van der Waals surface area contributed by atoms with Gasteiger partial charge in [-0.25, -0.2) is 24.5 Å². The Hall–Kier alpha value is -3.99. The molecule has 0 radical (unpaired) electrons. The maximum absolute atomic E-state index is 13.8. The van der Waals surface area contributed by atoms with Crippen molar-refractivity contribution in [2.24, 2.45) is 0 Å². The molecule has 1 N–H and O–H groups in total. The van der Waals surface area contributed by atoms with Crippen LogP contribution in [0.1, 0.15) is 5.56 Å². The van der Waals surface area contributed by atoms with E-state index in [9.17, 15) is 13.2 Å². The molecule has 0 aliphatic rings. The summed E-state index contributed by atoms with van der Waals surface area (Å²) in [5.74, 6) is 0.0505. The highest BCUT2D eigenvalue weighted by Gasteiger charge is 2.35. The van der Waals surface area contributed by atoms with Crippen LogP contribution in [0.2, 0.25) is 5.15 Å². The number of rotatable bonds is 4. The fraction of sp³-hybridized carbons (Fsp3) is 0.0500. The number of alkyl halides is 3. The van der Waals surface area contributed by atoms with E-state index in [0.717, 1.165) is 6.07 Å². The lowest BCUT2D eigenvalue weighted by Gasteiger charge is -2.16. The molecule has 0 aliphatic carbocycles. The minimum absolute atomic E-state index is 0.138. The molecule has 0 spiro atoms. The summed E-state index contributed by atoms with van der Waals surface area (Å²) in [5.41, 5.74) is 0.436. The quantitative estimate of drug-likeness (QED) is 0.367. The van der Waals surface area contributed by atoms with E-state index in [1.165, 1.54) is 41.4 Å². The minimum Gasteiger partial charge on any atom is -0.457 e. The molecule has 5 aromatic rings. The fourth-order valence-corrected chi connectivity index (χ4v) is 3.20. The standard InChI is InChI=1S/C20H11ClF3N7O/c21-16-4-2-14-18(30-16)19(27-9-25-14)29-11-1-3-15(13(7-11)20(22,23)24)32-12-5-6-31-17(8-12)26-10-28-31/h1-10H,(H,25,27,29). The van der Waals surface area contributed by atoms with Crippen LogP contribution in [-0.4, -0.2) is 29.5 Å². The maximum Gasteiger partial charge on any atom is 0.420 e. The molecule has 4 aromatic heterocycles. The Morgan fingerprint density at radius 1 is 0.969 bits per heavy atom. The number of anilines is 2. The van der Waals surface area contributed by atoms with Gasteiger partial charge in [0.05, 0.1) is 5.52 Å². The Morgan fingerprint density at radius 3 is 2.69 bits per heavy atom. The summed E-state index contributed by atoms with van der Waals surface area (Å²) in [4.78, 5) is 16.3. The van der Waals surface area contributed by atoms with Gasteiger partial charge in [-0.3, -0.25) is 0 Å². The molecule has 32 heavy (non-hydrogen) atoms. The van der Waals surface area contributed by atoms with Gasteiger partial charge in [-0.1, -0.05) is 11.6 Å². The van der Waals surface area contributed by atoms with E-state index < -0.39 is 11.7 Å². The first-order valence-corrected chi connectivity index (χ1v) is 9.47. The van der Waals surface area contributed by atoms with Gasteiger partial charge < -0.3 is 10.1 Å². The molecule has 0 aliphatic heterocycles. The first-order valence-electron chi connectivity index (χ1n) is 9.09. The number of hydrogen-bond acceptors (Lipinski definition) is 7. The zero-order valence-corrected chi connectivity index (χ0v) is 16.6. The second-order valence-corrected chi connectivity index (χ2v) is 6.97. The van der Waals surface area contributed by atoms with Crippen LogP contribution >= 0.6 is 11.6 Å². The average molecular weight is 458 g/mol. The highest BCUT2D eigenvalue weighted by atomic mass is 35.5. The van der Waals surface area contributed by atoms with Crippen LogP contribution in [0, 0.1) is 0 Å². The lowest BCUT2D eigenvalue weighted by atomic mass is 10.1. The monoisotopic (exact) mass is 457 g/mol. The number of aromatic nitrogens is 6. The molecule has 0 amide bonds. The third-order valence-corrected chi connectivity index (χ3v) is 4.69. The molecule has 0 atom stereocenters. The second-order valence-electron chi connectivity index (χ2n) is 6.58. The van der Waals surface area contributed by atoms with Gasteiger partial charge in [0.15, 0.2) is 11.5 Å². The highest BCUT2D eigenvalue weighted by Crippen LogP contribution is 2.40. The summed E-state index contributed by atoms with van der Waals surface area (Å²) >= 11 is 5.94. The Bertz CT molecular complexity index is 1450.